The quantitative estimate of drug-likeness (QED) is 0.829. The Morgan fingerprint density at radius 1 is 1.25 bits per heavy atom. The van der Waals surface area contributed by atoms with Gasteiger partial charge in [-0.25, -0.2) is 0 Å². The highest BCUT2D eigenvalue weighted by atomic mass is 16.7. The van der Waals surface area contributed by atoms with Crippen LogP contribution < -0.4 is 19.9 Å². The second-order valence-electron chi connectivity index (χ2n) is 5.38. The van der Waals surface area contributed by atoms with Crippen molar-refractivity contribution < 1.29 is 19.0 Å². The lowest BCUT2D eigenvalue weighted by Gasteiger charge is -2.15. The van der Waals surface area contributed by atoms with Crippen LogP contribution in [0.5, 0.6) is 17.2 Å². The molecule has 0 saturated carbocycles. The molecule has 5 nitrogen and oxygen atoms in total. The molecular weight excluding hydrogens is 306 g/mol. The number of rotatable bonds is 6. The summed E-state index contributed by atoms with van der Waals surface area (Å²) in [5.41, 5.74) is 8.14. The third-order valence-electron chi connectivity index (χ3n) is 3.86. The van der Waals surface area contributed by atoms with Gasteiger partial charge < -0.3 is 19.9 Å². The number of allylic oxidation sites excluding steroid dienone is 1. The van der Waals surface area contributed by atoms with E-state index in [2.05, 4.69) is 0 Å². The zero-order valence-electron chi connectivity index (χ0n) is 13.5. The SMILES string of the molecule is COc1ccccc1-c1c(CC/C=C/C(N)=O)ccc2c1OCO2. The number of amides is 1. The molecule has 5 heteroatoms. The number of carbonyl (C=O) groups excluding carboxylic acids is 1. The normalized spacial score (nSPS) is 12.5. The molecule has 1 aliphatic rings. The van der Waals surface area contributed by atoms with Crippen LogP contribution in [0.15, 0.2) is 48.6 Å². The number of ether oxygens (including phenoxy) is 3. The monoisotopic (exact) mass is 325 g/mol. The van der Waals surface area contributed by atoms with Crippen LogP contribution >= 0.6 is 0 Å². The van der Waals surface area contributed by atoms with Gasteiger partial charge in [0.2, 0.25) is 12.7 Å². The Balaban J connectivity index is 2.02. The number of benzene rings is 2. The van der Waals surface area contributed by atoms with Crippen LogP contribution in [-0.2, 0) is 11.2 Å². The molecule has 0 spiro atoms. The summed E-state index contributed by atoms with van der Waals surface area (Å²) in [4.78, 5) is 10.8. The summed E-state index contributed by atoms with van der Waals surface area (Å²) < 4.78 is 16.7. The van der Waals surface area contributed by atoms with Crippen LogP contribution in [0.4, 0.5) is 0 Å². The first-order valence-electron chi connectivity index (χ1n) is 7.71. The summed E-state index contributed by atoms with van der Waals surface area (Å²) in [6.07, 6.45) is 4.60. The van der Waals surface area contributed by atoms with E-state index in [1.807, 2.05) is 36.4 Å². The molecule has 24 heavy (non-hydrogen) atoms. The molecule has 1 heterocycles. The van der Waals surface area contributed by atoms with E-state index in [1.165, 1.54) is 6.08 Å². The number of primary amides is 1. The number of hydrogen-bond acceptors (Lipinski definition) is 4. The van der Waals surface area contributed by atoms with Crippen molar-refractivity contribution in [3.05, 3.63) is 54.1 Å². The van der Waals surface area contributed by atoms with Gasteiger partial charge in [-0.3, -0.25) is 4.79 Å². The van der Waals surface area contributed by atoms with Gasteiger partial charge in [-0.15, -0.1) is 0 Å². The summed E-state index contributed by atoms with van der Waals surface area (Å²) in [6.45, 7) is 0.211. The van der Waals surface area contributed by atoms with Crippen molar-refractivity contribution >= 4 is 5.91 Å². The number of aryl methyl sites for hydroxylation is 1. The maximum Gasteiger partial charge on any atom is 0.241 e. The molecule has 0 atom stereocenters. The van der Waals surface area contributed by atoms with E-state index in [4.69, 9.17) is 19.9 Å². The van der Waals surface area contributed by atoms with Crippen molar-refractivity contribution in [3.8, 4) is 28.4 Å². The predicted molar refractivity (Wildman–Crippen MR) is 91.2 cm³/mol. The minimum Gasteiger partial charge on any atom is -0.496 e. The van der Waals surface area contributed by atoms with Gasteiger partial charge in [0.1, 0.15) is 5.75 Å². The topological polar surface area (TPSA) is 70.8 Å². The average molecular weight is 325 g/mol. The molecule has 2 aromatic carbocycles. The van der Waals surface area contributed by atoms with Crippen molar-refractivity contribution in [1.82, 2.24) is 0 Å². The highest BCUT2D eigenvalue weighted by molar-refractivity contribution is 5.85. The third-order valence-corrected chi connectivity index (χ3v) is 3.86. The van der Waals surface area contributed by atoms with Crippen LogP contribution in [0.1, 0.15) is 12.0 Å². The molecule has 0 bridgehead atoms. The van der Waals surface area contributed by atoms with Gasteiger partial charge in [0.05, 0.1) is 7.11 Å². The van der Waals surface area contributed by atoms with Crippen LogP contribution in [0.3, 0.4) is 0 Å². The van der Waals surface area contributed by atoms with Gasteiger partial charge in [-0.2, -0.15) is 0 Å². The minimum atomic E-state index is -0.439. The molecule has 0 aliphatic carbocycles. The van der Waals surface area contributed by atoms with E-state index >= 15 is 0 Å². The van der Waals surface area contributed by atoms with Crippen molar-refractivity contribution in [1.29, 1.82) is 0 Å². The van der Waals surface area contributed by atoms with Crippen LogP contribution in [0.25, 0.3) is 11.1 Å². The Labute approximate surface area is 140 Å². The zero-order valence-corrected chi connectivity index (χ0v) is 13.5. The van der Waals surface area contributed by atoms with Crippen molar-refractivity contribution in [3.63, 3.8) is 0 Å². The van der Waals surface area contributed by atoms with Crippen LogP contribution in [0.2, 0.25) is 0 Å². The fourth-order valence-corrected chi connectivity index (χ4v) is 2.81. The lowest BCUT2D eigenvalue weighted by Crippen LogP contribution is -2.05. The molecule has 0 radical (unpaired) electrons. The lowest BCUT2D eigenvalue weighted by atomic mass is 9.94. The molecule has 0 unspecified atom stereocenters. The largest absolute Gasteiger partial charge is 0.496 e. The molecule has 1 amide bonds. The van der Waals surface area contributed by atoms with Gasteiger partial charge in [0.15, 0.2) is 11.5 Å². The standard InChI is InChI=1S/C19H19NO4/c1-22-15-8-4-3-7-14(15)18-13(6-2-5-9-17(20)21)10-11-16-19(18)24-12-23-16/h3-5,7-11H,2,6,12H2,1H3,(H2,20,21)/b9-5+. The van der Waals surface area contributed by atoms with E-state index in [-0.39, 0.29) is 6.79 Å². The van der Waals surface area contributed by atoms with Gasteiger partial charge in [0.25, 0.3) is 0 Å². The number of para-hydroxylation sites is 1. The van der Waals surface area contributed by atoms with E-state index in [0.29, 0.717) is 6.42 Å². The first kappa shape index (κ1) is 15.9. The summed E-state index contributed by atoms with van der Waals surface area (Å²) in [7, 11) is 1.65. The number of hydrogen-bond donors (Lipinski definition) is 1. The Morgan fingerprint density at radius 2 is 2.08 bits per heavy atom. The lowest BCUT2D eigenvalue weighted by molar-refractivity contribution is -0.113. The van der Waals surface area contributed by atoms with Crippen molar-refractivity contribution in [2.24, 2.45) is 5.73 Å². The smallest absolute Gasteiger partial charge is 0.241 e. The molecule has 124 valence electrons. The highest BCUT2D eigenvalue weighted by Crippen LogP contribution is 2.46. The summed E-state index contributed by atoms with van der Waals surface area (Å²) in [5, 5.41) is 0. The van der Waals surface area contributed by atoms with Gasteiger partial charge >= 0.3 is 0 Å². The van der Waals surface area contributed by atoms with Crippen molar-refractivity contribution in [2.45, 2.75) is 12.8 Å². The molecule has 0 aromatic heterocycles. The third kappa shape index (κ3) is 3.20. The summed E-state index contributed by atoms with van der Waals surface area (Å²) in [5.74, 6) is 1.80. The van der Waals surface area contributed by atoms with Gasteiger partial charge in [-0.1, -0.05) is 30.3 Å². The Kier molecular flexibility index (Phi) is 4.70. The van der Waals surface area contributed by atoms with Gasteiger partial charge in [-0.05, 0) is 36.6 Å². The molecule has 2 aromatic rings. The highest BCUT2D eigenvalue weighted by Gasteiger charge is 2.23. The maximum absolute atomic E-state index is 10.8. The Morgan fingerprint density at radius 3 is 2.88 bits per heavy atom. The summed E-state index contributed by atoms with van der Waals surface area (Å²) in [6, 6.07) is 11.7. The molecule has 0 saturated heterocycles. The number of methoxy groups -OCH3 is 1. The molecule has 1 aliphatic heterocycles. The van der Waals surface area contributed by atoms with E-state index < -0.39 is 5.91 Å². The Hall–Kier alpha value is -2.95. The number of nitrogens with two attached hydrogens (primary N) is 1. The van der Waals surface area contributed by atoms with E-state index in [0.717, 1.165) is 40.4 Å². The first-order chi connectivity index (χ1) is 11.7. The maximum atomic E-state index is 10.8. The minimum absolute atomic E-state index is 0.211. The average Bonchev–Trinajstić information content (AvgIpc) is 3.06. The fraction of sp³-hybridized carbons (Fsp3) is 0.211. The van der Waals surface area contributed by atoms with E-state index in [9.17, 15) is 4.79 Å². The molecule has 0 fully saturated rings. The molecule has 2 N–H and O–H groups in total. The second kappa shape index (κ2) is 7.08. The molecular formula is C19H19NO4. The van der Waals surface area contributed by atoms with Gasteiger partial charge in [0, 0.05) is 11.1 Å². The first-order valence-corrected chi connectivity index (χ1v) is 7.71. The number of carbonyl (C=O) groups is 1. The second-order valence-corrected chi connectivity index (χ2v) is 5.38. The molecule has 3 rings (SSSR count). The Bertz CT molecular complexity index is 783. The fourth-order valence-electron chi connectivity index (χ4n) is 2.81. The van der Waals surface area contributed by atoms with Crippen LogP contribution in [-0.4, -0.2) is 19.8 Å². The van der Waals surface area contributed by atoms with Crippen molar-refractivity contribution in [2.75, 3.05) is 13.9 Å². The zero-order chi connectivity index (χ0) is 16.9. The van der Waals surface area contributed by atoms with E-state index in [1.54, 1.807) is 13.2 Å². The van der Waals surface area contributed by atoms with Crippen LogP contribution in [0, 0.1) is 0 Å². The predicted octanol–water partition coefficient (Wildman–Crippen LogP) is 3.07. The summed E-state index contributed by atoms with van der Waals surface area (Å²) >= 11 is 0. The number of fused-ring (bicyclic) bond motifs is 1.